The first-order valence-electron chi connectivity index (χ1n) is 6.35. The predicted molar refractivity (Wildman–Crippen MR) is 72.8 cm³/mol. The molecule has 1 aliphatic heterocycles. The number of hydrogen-bond acceptors (Lipinski definition) is 1. The molecule has 1 unspecified atom stereocenters. The van der Waals surface area contributed by atoms with E-state index in [0.29, 0.717) is 5.88 Å². The van der Waals surface area contributed by atoms with Crippen molar-refractivity contribution < 1.29 is 4.74 Å². The molecule has 2 rings (SSSR count). The van der Waals surface area contributed by atoms with Crippen molar-refractivity contribution in [3.05, 3.63) is 34.9 Å². The van der Waals surface area contributed by atoms with Crippen molar-refractivity contribution in [1.29, 1.82) is 0 Å². The molecular formula is C15H21ClO. The minimum atomic E-state index is 0.154. The van der Waals surface area contributed by atoms with E-state index in [0.717, 1.165) is 26.1 Å². The van der Waals surface area contributed by atoms with Crippen LogP contribution in [0.2, 0.25) is 0 Å². The van der Waals surface area contributed by atoms with Gasteiger partial charge in [-0.2, -0.15) is 0 Å². The monoisotopic (exact) mass is 252 g/mol. The Labute approximate surface area is 109 Å². The van der Waals surface area contributed by atoms with Crippen LogP contribution in [0, 0.1) is 19.3 Å². The average Bonchev–Trinajstić information content (AvgIpc) is 2.35. The molecule has 1 heterocycles. The van der Waals surface area contributed by atoms with Crippen LogP contribution >= 0.6 is 11.6 Å². The minimum Gasteiger partial charge on any atom is -0.381 e. The van der Waals surface area contributed by atoms with Crippen LogP contribution in [0.25, 0.3) is 0 Å². The van der Waals surface area contributed by atoms with Gasteiger partial charge in [-0.1, -0.05) is 18.2 Å². The molecule has 1 saturated heterocycles. The Hall–Kier alpha value is -0.530. The molecule has 1 aromatic rings. The molecule has 1 fully saturated rings. The zero-order chi connectivity index (χ0) is 12.3. The molecule has 0 radical (unpaired) electrons. The highest BCUT2D eigenvalue weighted by Gasteiger charge is 2.32. The Balaban J connectivity index is 2.14. The van der Waals surface area contributed by atoms with E-state index < -0.39 is 0 Å². The van der Waals surface area contributed by atoms with Gasteiger partial charge in [0.2, 0.25) is 0 Å². The minimum absolute atomic E-state index is 0.154. The molecule has 0 bridgehead atoms. The topological polar surface area (TPSA) is 9.23 Å². The largest absolute Gasteiger partial charge is 0.381 e. The third kappa shape index (κ3) is 3.02. The average molecular weight is 253 g/mol. The second-order valence-electron chi connectivity index (χ2n) is 5.39. The van der Waals surface area contributed by atoms with Gasteiger partial charge < -0.3 is 4.74 Å². The van der Waals surface area contributed by atoms with Crippen LogP contribution in [0.5, 0.6) is 0 Å². The van der Waals surface area contributed by atoms with Crippen molar-refractivity contribution in [2.75, 3.05) is 19.1 Å². The fourth-order valence-corrected chi connectivity index (χ4v) is 2.85. The van der Waals surface area contributed by atoms with Crippen molar-refractivity contribution in [1.82, 2.24) is 0 Å². The second kappa shape index (κ2) is 5.41. The lowest BCUT2D eigenvalue weighted by Gasteiger charge is -2.35. The Kier molecular flexibility index (Phi) is 4.11. The molecule has 0 amide bonds. The van der Waals surface area contributed by atoms with Crippen molar-refractivity contribution >= 4 is 11.6 Å². The maximum absolute atomic E-state index is 6.18. The van der Waals surface area contributed by atoms with Crippen LogP contribution in [0.1, 0.15) is 29.5 Å². The van der Waals surface area contributed by atoms with Gasteiger partial charge in [0.05, 0.1) is 6.61 Å². The fourth-order valence-electron chi connectivity index (χ4n) is 2.55. The van der Waals surface area contributed by atoms with E-state index in [-0.39, 0.29) is 5.41 Å². The van der Waals surface area contributed by atoms with Gasteiger partial charge in [-0.25, -0.2) is 0 Å². The summed E-state index contributed by atoms with van der Waals surface area (Å²) in [5, 5.41) is 0. The van der Waals surface area contributed by atoms with Crippen LogP contribution in [-0.4, -0.2) is 19.1 Å². The van der Waals surface area contributed by atoms with Crippen LogP contribution < -0.4 is 0 Å². The fraction of sp³-hybridized carbons (Fsp3) is 0.600. The summed E-state index contributed by atoms with van der Waals surface area (Å²) in [5.74, 6) is 0.694. The molecule has 17 heavy (non-hydrogen) atoms. The summed E-state index contributed by atoms with van der Waals surface area (Å²) in [4.78, 5) is 0. The Morgan fingerprint density at radius 3 is 2.71 bits per heavy atom. The normalized spacial score (nSPS) is 24.9. The highest BCUT2D eigenvalue weighted by atomic mass is 35.5. The van der Waals surface area contributed by atoms with E-state index in [1.54, 1.807) is 0 Å². The lowest BCUT2D eigenvalue weighted by Crippen LogP contribution is -2.35. The smallest absolute Gasteiger partial charge is 0.0537 e. The number of hydrogen-bond donors (Lipinski definition) is 0. The predicted octanol–water partition coefficient (Wildman–Crippen LogP) is 3.88. The van der Waals surface area contributed by atoms with E-state index in [9.17, 15) is 0 Å². The van der Waals surface area contributed by atoms with E-state index in [4.69, 9.17) is 16.3 Å². The highest BCUT2D eigenvalue weighted by molar-refractivity contribution is 6.18. The molecule has 1 aliphatic rings. The first-order chi connectivity index (χ1) is 8.15. The number of ether oxygens (including phenoxy) is 1. The summed E-state index contributed by atoms with van der Waals surface area (Å²) in [6, 6.07) is 6.72. The van der Waals surface area contributed by atoms with Gasteiger partial charge in [0.1, 0.15) is 0 Å². The number of rotatable bonds is 3. The molecule has 1 atom stereocenters. The molecule has 0 spiro atoms. The number of aryl methyl sites for hydroxylation is 2. The number of alkyl halides is 1. The molecule has 1 nitrogen and oxygen atoms in total. The van der Waals surface area contributed by atoms with Crippen LogP contribution in [0.3, 0.4) is 0 Å². The maximum Gasteiger partial charge on any atom is 0.0537 e. The SMILES string of the molecule is Cc1ccc(CC2(CCl)CCCOC2)cc1C. The van der Waals surface area contributed by atoms with E-state index >= 15 is 0 Å². The van der Waals surface area contributed by atoms with Crippen molar-refractivity contribution in [3.8, 4) is 0 Å². The summed E-state index contributed by atoms with van der Waals surface area (Å²) < 4.78 is 5.62. The third-order valence-corrected chi connectivity index (χ3v) is 4.40. The quantitative estimate of drug-likeness (QED) is 0.742. The Morgan fingerprint density at radius 1 is 1.29 bits per heavy atom. The number of halogens is 1. The zero-order valence-electron chi connectivity index (χ0n) is 10.8. The van der Waals surface area contributed by atoms with Gasteiger partial charge in [0, 0.05) is 17.9 Å². The van der Waals surface area contributed by atoms with E-state index in [1.165, 1.54) is 23.1 Å². The summed E-state index contributed by atoms with van der Waals surface area (Å²) in [6.07, 6.45) is 3.36. The standard InChI is InChI=1S/C15H21ClO/c1-12-4-5-14(8-13(12)2)9-15(10-16)6-3-7-17-11-15/h4-5,8H,3,6-7,9-11H2,1-2H3. The van der Waals surface area contributed by atoms with Gasteiger partial charge in [0.15, 0.2) is 0 Å². The van der Waals surface area contributed by atoms with Crippen LogP contribution in [0.4, 0.5) is 0 Å². The van der Waals surface area contributed by atoms with Crippen LogP contribution in [-0.2, 0) is 11.2 Å². The zero-order valence-corrected chi connectivity index (χ0v) is 11.5. The summed E-state index contributed by atoms with van der Waals surface area (Å²) in [5.41, 5.74) is 4.26. The van der Waals surface area contributed by atoms with E-state index in [2.05, 4.69) is 32.0 Å². The van der Waals surface area contributed by atoms with Gasteiger partial charge in [-0.15, -0.1) is 11.6 Å². The van der Waals surface area contributed by atoms with Gasteiger partial charge >= 0.3 is 0 Å². The number of benzene rings is 1. The molecule has 0 aromatic heterocycles. The molecule has 0 saturated carbocycles. The molecule has 0 aliphatic carbocycles. The lowest BCUT2D eigenvalue weighted by atomic mass is 9.78. The summed E-state index contributed by atoms with van der Waals surface area (Å²) in [7, 11) is 0. The van der Waals surface area contributed by atoms with Crippen molar-refractivity contribution in [3.63, 3.8) is 0 Å². The Bertz CT molecular complexity index is 381. The molecule has 2 heteroatoms. The first kappa shape index (κ1) is 12.9. The highest BCUT2D eigenvalue weighted by Crippen LogP contribution is 2.34. The van der Waals surface area contributed by atoms with Gasteiger partial charge in [-0.3, -0.25) is 0 Å². The van der Waals surface area contributed by atoms with Crippen molar-refractivity contribution in [2.24, 2.45) is 5.41 Å². The van der Waals surface area contributed by atoms with E-state index in [1.807, 2.05) is 0 Å². The van der Waals surface area contributed by atoms with Crippen LogP contribution in [0.15, 0.2) is 18.2 Å². The second-order valence-corrected chi connectivity index (χ2v) is 5.65. The maximum atomic E-state index is 6.18. The summed E-state index contributed by atoms with van der Waals surface area (Å²) in [6.45, 7) is 6.03. The van der Waals surface area contributed by atoms with Gasteiger partial charge in [0.25, 0.3) is 0 Å². The van der Waals surface area contributed by atoms with Crippen molar-refractivity contribution in [2.45, 2.75) is 33.1 Å². The molecule has 94 valence electrons. The lowest BCUT2D eigenvalue weighted by molar-refractivity contribution is 0.00477. The third-order valence-electron chi connectivity index (χ3n) is 3.84. The first-order valence-corrected chi connectivity index (χ1v) is 6.88. The Morgan fingerprint density at radius 2 is 2.12 bits per heavy atom. The summed E-state index contributed by atoms with van der Waals surface area (Å²) >= 11 is 6.18. The van der Waals surface area contributed by atoms with Gasteiger partial charge in [-0.05, 0) is 49.8 Å². The molecule has 0 N–H and O–H groups in total. The molecule has 1 aromatic carbocycles. The molecular weight excluding hydrogens is 232 g/mol.